The first kappa shape index (κ1) is 50.0. The summed E-state index contributed by atoms with van der Waals surface area (Å²) in [5.74, 6) is -2.96. The first-order valence-electron chi connectivity index (χ1n) is 18.6. The molecule has 336 valence electrons. The Hall–Kier alpha value is -4.66. The third kappa shape index (κ3) is 13.7. The van der Waals surface area contributed by atoms with Crippen LogP contribution in [-0.4, -0.2) is 95.6 Å². The van der Waals surface area contributed by atoms with Gasteiger partial charge in [0.25, 0.3) is 0 Å². The summed E-state index contributed by atoms with van der Waals surface area (Å²) in [4.78, 5) is 59.9. The number of nitrogens with zero attached hydrogens (tertiary/aromatic N) is 7. The van der Waals surface area contributed by atoms with Crippen molar-refractivity contribution in [2.24, 2.45) is 0 Å². The Bertz CT molecular complexity index is 2200. The van der Waals surface area contributed by atoms with Crippen LogP contribution in [0.4, 0.5) is 39.9 Å². The number of pyridine rings is 2. The van der Waals surface area contributed by atoms with E-state index in [1.807, 2.05) is 0 Å². The quantitative estimate of drug-likeness (QED) is 0.152. The Labute approximate surface area is 366 Å². The fourth-order valence-corrected chi connectivity index (χ4v) is 6.68. The average Bonchev–Trinajstić information content (AvgIpc) is 3.81. The molecular weight excluding hydrogens is 903 g/mol. The van der Waals surface area contributed by atoms with Crippen LogP contribution in [0, 0.1) is 0 Å². The fourth-order valence-electron chi connectivity index (χ4n) is 6.28. The van der Waals surface area contributed by atoms with E-state index in [0.29, 0.717) is 33.8 Å². The predicted molar refractivity (Wildman–Crippen MR) is 212 cm³/mol. The minimum absolute atomic E-state index is 0. The van der Waals surface area contributed by atoms with Crippen LogP contribution in [0.5, 0.6) is 0 Å². The van der Waals surface area contributed by atoms with Gasteiger partial charge < -0.3 is 10.1 Å². The third-order valence-corrected chi connectivity index (χ3v) is 9.95. The summed E-state index contributed by atoms with van der Waals surface area (Å²) < 4.78 is 108. The van der Waals surface area contributed by atoms with Gasteiger partial charge in [-0.05, 0) is 56.9 Å². The SMILES string of the molecule is CC(C)(C)OC(=O)N1C[C@H](F)C[C@H]1C(=O)CCc1cc(-c2cnc(C(F)(F)F)nc2)ncc1Cl.Cl.O=C(CCc1cc(-c2cnc(C(F)(F)F)nc2)ncc1Cl)[C@@H]1C[C@@H](F)CN1. The highest BCUT2D eigenvalue weighted by Crippen LogP contribution is 2.31. The van der Waals surface area contributed by atoms with E-state index in [1.165, 1.54) is 18.5 Å². The number of carbonyl (C=O) groups excluding carboxylic acids is 3. The van der Waals surface area contributed by atoms with E-state index in [1.54, 1.807) is 26.8 Å². The van der Waals surface area contributed by atoms with Crippen molar-refractivity contribution < 1.29 is 54.2 Å². The maximum atomic E-state index is 14.0. The van der Waals surface area contributed by atoms with Gasteiger partial charge in [-0.3, -0.25) is 24.5 Å². The van der Waals surface area contributed by atoms with Crippen molar-refractivity contribution in [3.05, 3.63) is 82.1 Å². The van der Waals surface area contributed by atoms with Crippen molar-refractivity contribution in [3.8, 4) is 22.5 Å². The Morgan fingerprint density at radius 1 is 0.710 bits per heavy atom. The number of halogens is 11. The maximum Gasteiger partial charge on any atom is 0.451 e. The van der Waals surface area contributed by atoms with Gasteiger partial charge in [0.1, 0.15) is 23.7 Å². The minimum Gasteiger partial charge on any atom is -0.444 e. The number of Topliss-reactive ketones (excluding diaryl/α,β-unsaturated/α-hetero) is 2. The molecule has 2 fully saturated rings. The van der Waals surface area contributed by atoms with Gasteiger partial charge in [0, 0.05) is 80.5 Å². The fraction of sp³-hybridized carbons (Fsp3) is 0.462. The van der Waals surface area contributed by atoms with Crippen molar-refractivity contribution in [1.29, 1.82) is 0 Å². The second-order valence-corrected chi connectivity index (χ2v) is 15.9. The summed E-state index contributed by atoms with van der Waals surface area (Å²) in [7, 11) is 0. The molecule has 2 aliphatic rings. The zero-order valence-electron chi connectivity index (χ0n) is 33.0. The van der Waals surface area contributed by atoms with Crippen LogP contribution in [-0.2, 0) is 39.5 Å². The molecule has 4 aromatic heterocycles. The van der Waals surface area contributed by atoms with E-state index < -0.39 is 60.1 Å². The summed E-state index contributed by atoms with van der Waals surface area (Å²) in [5, 5.41) is 3.42. The number of likely N-dealkylation sites (tertiary alicyclic amines) is 1. The highest BCUT2D eigenvalue weighted by atomic mass is 35.5. The highest BCUT2D eigenvalue weighted by molar-refractivity contribution is 6.31. The lowest BCUT2D eigenvalue weighted by molar-refractivity contribution is -0.145. The molecule has 6 heterocycles. The topological polar surface area (TPSA) is 153 Å². The summed E-state index contributed by atoms with van der Waals surface area (Å²) in [6, 6.07) is 1.66. The lowest BCUT2D eigenvalue weighted by atomic mass is 10.0. The number of hydrogen-bond acceptors (Lipinski definition) is 11. The van der Waals surface area contributed by atoms with Gasteiger partial charge >= 0.3 is 18.4 Å². The zero-order valence-corrected chi connectivity index (χ0v) is 35.4. The molecule has 2 aliphatic heterocycles. The number of hydrogen-bond donors (Lipinski definition) is 1. The van der Waals surface area contributed by atoms with Crippen LogP contribution in [0.2, 0.25) is 10.0 Å². The smallest absolute Gasteiger partial charge is 0.444 e. The van der Waals surface area contributed by atoms with E-state index >= 15 is 0 Å². The van der Waals surface area contributed by atoms with Gasteiger partial charge in [-0.1, -0.05) is 23.2 Å². The number of rotatable bonds is 10. The molecular formula is C39H39Cl3F8N8O4. The van der Waals surface area contributed by atoms with Crippen LogP contribution in [0.3, 0.4) is 0 Å². The molecule has 4 atom stereocenters. The number of amides is 1. The molecule has 0 aliphatic carbocycles. The summed E-state index contributed by atoms with van der Waals surface area (Å²) in [6.45, 7) is 4.98. The number of nitrogens with one attached hydrogen (secondary N) is 1. The number of ether oxygens (including phenoxy) is 1. The summed E-state index contributed by atoms with van der Waals surface area (Å²) in [5.41, 5.74) is 1.50. The number of aromatic nitrogens is 6. The predicted octanol–water partition coefficient (Wildman–Crippen LogP) is 8.89. The molecule has 2 saturated heterocycles. The Balaban J connectivity index is 0.000000275. The van der Waals surface area contributed by atoms with Crippen molar-refractivity contribution in [3.63, 3.8) is 0 Å². The van der Waals surface area contributed by atoms with Crippen LogP contribution in [0.15, 0.2) is 49.3 Å². The lowest BCUT2D eigenvalue weighted by Gasteiger charge is -2.27. The maximum absolute atomic E-state index is 14.0. The molecule has 0 spiro atoms. The van der Waals surface area contributed by atoms with Crippen molar-refractivity contribution in [2.45, 2.75) is 102 Å². The number of carbonyl (C=O) groups is 3. The highest BCUT2D eigenvalue weighted by Gasteiger charge is 2.41. The van der Waals surface area contributed by atoms with Gasteiger partial charge in [-0.2, -0.15) is 26.3 Å². The zero-order chi connectivity index (χ0) is 44.9. The Morgan fingerprint density at radius 3 is 1.56 bits per heavy atom. The normalized spacial score (nSPS) is 19.0. The van der Waals surface area contributed by atoms with Crippen LogP contribution < -0.4 is 5.32 Å². The molecule has 0 bridgehead atoms. The molecule has 0 unspecified atom stereocenters. The lowest BCUT2D eigenvalue weighted by Crippen LogP contribution is -2.43. The van der Waals surface area contributed by atoms with E-state index in [9.17, 15) is 49.5 Å². The first-order valence-corrected chi connectivity index (χ1v) is 19.4. The molecule has 1 N–H and O–H groups in total. The van der Waals surface area contributed by atoms with Gasteiger partial charge in [0.05, 0.1) is 40.1 Å². The van der Waals surface area contributed by atoms with Crippen LogP contribution in [0.1, 0.15) is 69.2 Å². The third-order valence-electron chi connectivity index (χ3n) is 9.27. The number of alkyl halides is 8. The molecule has 0 saturated carbocycles. The molecule has 1 amide bonds. The summed E-state index contributed by atoms with van der Waals surface area (Å²) >= 11 is 12.3. The van der Waals surface area contributed by atoms with Crippen molar-refractivity contribution in [1.82, 2.24) is 40.1 Å². The molecule has 6 rings (SSSR count). The molecule has 0 radical (unpaired) electrons. The van der Waals surface area contributed by atoms with Crippen LogP contribution in [0.25, 0.3) is 22.5 Å². The van der Waals surface area contributed by atoms with E-state index in [4.69, 9.17) is 27.9 Å². The average molecular weight is 942 g/mol. The van der Waals surface area contributed by atoms with Gasteiger partial charge in [0.15, 0.2) is 5.78 Å². The Morgan fingerprint density at radius 2 is 1.16 bits per heavy atom. The molecule has 12 nitrogen and oxygen atoms in total. The monoisotopic (exact) mass is 940 g/mol. The molecule has 0 aromatic carbocycles. The van der Waals surface area contributed by atoms with Gasteiger partial charge in [-0.25, -0.2) is 33.5 Å². The van der Waals surface area contributed by atoms with Gasteiger partial charge in [-0.15, -0.1) is 12.4 Å². The van der Waals surface area contributed by atoms with Crippen molar-refractivity contribution in [2.75, 3.05) is 13.1 Å². The Kier molecular flexibility index (Phi) is 16.7. The molecule has 62 heavy (non-hydrogen) atoms. The van der Waals surface area contributed by atoms with E-state index in [0.717, 1.165) is 29.7 Å². The number of aryl methyl sites for hydroxylation is 2. The number of ketones is 2. The molecule has 23 heteroatoms. The minimum atomic E-state index is -4.66. The summed E-state index contributed by atoms with van der Waals surface area (Å²) in [6.07, 6.45) is -5.01. The molecule has 4 aromatic rings. The standard InChI is InChI=1S/C22H23ClF4N4O3.C17H15ClF4N4O.ClH/c1-21(2,3)34-20(33)31-11-14(24)7-17(31)18(32)5-4-12-6-16(28-10-15(12)23)13-8-29-19(30-9-13)22(25,26)27;18-12-8-24-13(10-5-25-16(26-6-10)17(20,21)22)3-9(12)1-2-15(27)14-4-11(19)7-23-14;/h6,8-10,14,17H,4-5,7,11H2,1-3H3;3,5-6,8,11,14,23H,1-2,4,7H2;1H/t14-,17+;11-,14+;/m11./s1. The first-order chi connectivity index (χ1) is 28.5. The van der Waals surface area contributed by atoms with Crippen LogP contribution >= 0.6 is 35.6 Å². The second-order valence-electron chi connectivity index (χ2n) is 15.1. The van der Waals surface area contributed by atoms with E-state index in [2.05, 4.69) is 35.2 Å². The van der Waals surface area contributed by atoms with Gasteiger partial charge in [0.2, 0.25) is 11.6 Å². The largest absolute Gasteiger partial charge is 0.451 e. The van der Waals surface area contributed by atoms with E-state index in [-0.39, 0.29) is 85.4 Å². The second kappa shape index (κ2) is 20.7. The van der Waals surface area contributed by atoms with Crippen molar-refractivity contribution >= 4 is 53.3 Å².